The monoisotopic (exact) mass is 132 g/mol. The SMILES string of the molecule is CC(C=S)CC(=O)O. The summed E-state index contributed by atoms with van der Waals surface area (Å²) >= 11 is 4.50. The lowest BCUT2D eigenvalue weighted by Gasteiger charge is -1.95. The van der Waals surface area contributed by atoms with Gasteiger partial charge in [0.1, 0.15) is 0 Å². The van der Waals surface area contributed by atoms with Gasteiger partial charge in [-0.3, -0.25) is 4.79 Å². The van der Waals surface area contributed by atoms with Crippen LogP contribution >= 0.6 is 12.2 Å². The summed E-state index contributed by atoms with van der Waals surface area (Å²) in [4.78, 5) is 9.90. The van der Waals surface area contributed by atoms with E-state index in [4.69, 9.17) is 5.11 Å². The van der Waals surface area contributed by atoms with Crippen LogP contribution in [0.3, 0.4) is 0 Å². The Hall–Kier alpha value is -0.440. The number of aliphatic carboxylic acids is 1. The van der Waals surface area contributed by atoms with Gasteiger partial charge in [-0.25, -0.2) is 0 Å². The van der Waals surface area contributed by atoms with Gasteiger partial charge in [-0.2, -0.15) is 0 Å². The van der Waals surface area contributed by atoms with Gasteiger partial charge >= 0.3 is 5.97 Å². The Balaban J connectivity index is 3.38. The van der Waals surface area contributed by atoms with Crippen LogP contribution < -0.4 is 0 Å². The van der Waals surface area contributed by atoms with E-state index < -0.39 is 5.97 Å². The molecule has 0 aromatic carbocycles. The molecule has 0 bridgehead atoms. The number of hydrogen-bond acceptors (Lipinski definition) is 2. The molecule has 0 aromatic heterocycles. The number of carbonyl (C=O) groups is 1. The molecule has 0 amide bonds. The fourth-order valence-corrected chi connectivity index (χ4v) is 0.420. The second-order valence-electron chi connectivity index (χ2n) is 1.71. The highest BCUT2D eigenvalue weighted by Gasteiger charge is 2.01. The van der Waals surface area contributed by atoms with Crippen molar-refractivity contribution in [3.63, 3.8) is 0 Å². The summed E-state index contributed by atoms with van der Waals surface area (Å²) in [5, 5.41) is 9.62. The highest BCUT2D eigenvalue weighted by molar-refractivity contribution is 7.79. The van der Waals surface area contributed by atoms with Crippen molar-refractivity contribution in [3.05, 3.63) is 0 Å². The minimum atomic E-state index is -0.793. The van der Waals surface area contributed by atoms with Crippen LogP contribution in [-0.4, -0.2) is 16.4 Å². The Labute approximate surface area is 53.5 Å². The van der Waals surface area contributed by atoms with Crippen molar-refractivity contribution < 1.29 is 9.90 Å². The lowest BCUT2D eigenvalue weighted by molar-refractivity contribution is -0.137. The minimum Gasteiger partial charge on any atom is -0.481 e. The van der Waals surface area contributed by atoms with Crippen molar-refractivity contribution in [2.24, 2.45) is 5.92 Å². The molecule has 1 N–H and O–H groups in total. The third-order valence-electron chi connectivity index (χ3n) is 0.729. The third kappa shape index (κ3) is 3.74. The predicted octanol–water partition coefficient (Wildman–Crippen LogP) is 1.10. The Bertz CT molecular complexity index is 101. The maximum Gasteiger partial charge on any atom is 0.303 e. The number of hydrogen-bond donors (Lipinski definition) is 1. The molecular weight excluding hydrogens is 124 g/mol. The second kappa shape index (κ2) is 3.55. The molecule has 0 saturated heterocycles. The first-order valence-corrected chi connectivity index (χ1v) is 2.81. The maximum absolute atomic E-state index is 9.90. The molecule has 0 saturated carbocycles. The molecule has 0 heterocycles. The maximum atomic E-state index is 9.90. The van der Waals surface area contributed by atoms with E-state index in [0.717, 1.165) is 0 Å². The van der Waals surface area contributed by atoms with Gasteiger partial charge in [0.15, 0.2) is 0 Å². The van der Waals surface area contributed by atoms with Crippen LogP contribution in [-0.2, 0) is 4.79 Å². The summed E-state index contributed by atoms with van der Waals surface area (Å²) in [7, 11) is 0. The average molecular weight is 132 g/mol. The second-order valence-corrected chi connectivity index (χ2v) is 1.98. The van der Waals surface area contributed by atoms with Gasteiger partial charge in [0.2, 0.25) is 0 Å². The first kappa shape index (κ1) is 7.56. The first-order valence-electron chi connectivity index (χ1n) is 2.34. The summed E-state index contributed by atoms with van der Waals surface area (Å²) in [6.07, 6.45) is 0.142. The van der Waals surface area contributed by atoms with Crippen molar-refractivity contribution >= 4 is 23.6 Å². The van der Waals surface area contributed by atoms with Crippen LogP contribution in [0.5, 0.6) is 0 Å². The van der Waals surface area contributed by atoms with E-state index in [2.05, 4.69) is 12.2 Å². The summed E-state index contributed by atoms with van der Waals surface area (Å²) in [6.45, 7) is 1.78. The Morgan fingerprint density at radius 3 is 2.62 bits per heavy atom. The largest absolute Gasteiger partial charge is 0.481 e. The fraction of sp³-hybridized carbons (Fsp3) is 0.600. The van der Waals surface area contributed by atoms with Crippen LogP contribution in [0.2, 0.25) is 0 Å². The van der Waals surface area contributed by atoms with Crippen LogP contribution in [0.4, 0.5) is 0 Å². The van der Waals surface area contributed by atoms with Crippen molar-refractivity contribution in [2.75, 3.05) is 0 Å². The summed E-state index contributed by atoms with van der Waals surface area (Å²) in [5.41, 5.74) is 0. The van der Waals surface area contributed by atoms with E-state index in [1.54, 1.807) is 6.92 Å². The average Bonchev–Trinajstić information content (AvgIpc) is 1.65. The standard InChI is InChI=1S/C5H8O2S/c1-4(3-8)2-5(6)7/h3-4H,2H2,1H3,(H,6,7). The van der Waals surface area contributed by atoms with E-state index in [9.17, 15) is 4.79 Å². The topological polar surface area (TPSA) is 37.3 Å². The van der Waals surface area contributed by atoms with E-state index in [-0.39, 0.29) is 12.3 Å². The first-order chi connectivity index (χ1) is 3.66. The van der Waals surface area contributed by atoms with Gasteiger partial charge in [-0.15, -0.1) is 0 Å². The molecule has 1 unspecified atom stereocenters. The van der Waals surface area contributed by atoms with Gasteiger partial charge in [0, 0.05) is 0 Å². The zero-order valence-corrected chi connectivity index (χ0v) is 5.44. The van der Waals surface area contributed by atoms with E-state index in [0.29, 0.717) is 0 Å². The molecule has 46 valence electrons. The molecule has 0 rings (SSSR count). The summed E-state index contributed by atoms with van der Waals surface area (Å²) < 4.78 is 0. The van der Waals surface area contributed by atoms with E-state index in [1.165, 1.54) is 5.37 Å². The molecule has 0 aliphatic carbocycles. The Kier molecular flexibility index (Phi) is 3.35. The van der Waals surface area contributed by atoms with Crippen LogP contribution in [0.25, 0.3) is 0 Å². The van der Waals surface area contributed by atoms with E-state index in [1.807, 2.05) is 0 Å². The van der Waals surface area contributed by atoms with Gasteiger partial charge in [-0.05, 0) is 11.3 Å². The smallest absolute Gasteiger partial charge is 0.303 e. The lowest BCUT2D eigenvalue weighted by Crippen LogP contribution is -2.03. The van der Waals surface area contributed by atoms with Gasteiger partial charge in [0.25, 0.3) is 0 Å². The number of carboxylic acid groups (broad SMARTS) is 1. The van der Waals surface area contributed by atoms with Crippen LogP contribution in [0.1, 0.15) is 13.3 Å². The minimum absolute atomic E-state index is 0.0162. The number of carboxylic acids is 1. The molecule has 0 aromatic rings. The molecule has 3 heteroatoms. The van der Waals surface area contributed by atoms with Gasteiger partial charge < -0.3 is 5.11 Å². The summed E-state index contributed by atoms with van der Waals surface area (Å²) in [5.74, 6) is -0.777. The quantitative estimate of drug-likeness (QED) is 0.584. The highest BCUT2D eigenvalue weighted by atomic mass is 32.1. The third-order valence-corrected chi connectivity index (χ3v) is 1.19. The number of rotatable bonds is 3. The van der Waals surface area contributed by atoms with Gasteiger partial charge in [-0.1, -0.05) is 19.1 Å². The van der Waals surface area contributed by atoms with Crippen molar-refractivity contribution in [2.45, 2.75) is 13.3 Å². The summed E-state index contributed by atoms with van der Waals surface area (Å²) in [6, 6.07) is 0. The zero-order valence-electron chi connectivity index (χ0n) is 4.63. The molecule has 1 atom stereocenters. The van der Waals surface area contributed by atoms with Crippen molar-refractivity contribution in [1.29, 1.82) is 0 Å². The molecule has 0 spiro atoms. The number of thiocarbonyl (C=S) groups is 1. The molecule has 0 fully saturated rings. The van der Waals surface area contributed by atoms with Crippen LogP contribution in [0.15, 0.2) is 0 Å². The lowest BCUT2D eigenvalue weighted by atomic mass is 10.1. The normalized spacial score (nSPS) is 12.6. The Morgan fingerprint density at radius 2 is 2.50 bits per heavy atom. The van der Waals surface area contributed by atoms with Crippen molar-refractivity contribution in [1.82, 2.24) is 0 Å². The molecule has 2 nitrogen and oxygen atoms in total. The Morgan fingerprint density at radius 1 is 2.00 bits per heavy atom. The van der Waals surface area contributed by atoms with Gasteiger partial charge in [0.05, 0.1) is 6.42 Å². The van der Waals surface area contributed by atoms with Crippen LogP contribution in [0, 0.1) is 5.92 Å². The van der Waals surface area contributed by atoms with Crippen molar-refractivity contribution in [3.8, 4) is 0 Å². The van der Waals surface area contributed by atoms with E-state index >= 15 is 0 Å². The predicted molar refractivity (Wildman–Crippen MR) is 35.1 cm³/mol. The molecule has 0 aliphatic heterocycles. The zero-order chi connectivity index (χ0) is 6.57. The molecule has 0 radical (unpaired) electrons. The highest BCUT2D eigenvalue weighted by Crippen LogP contribution is 1.96. The fourth-order valence-electron chi connectivity index (χ4n) is 0.324. The molecule has 8 heavy (non-hydrogen) atoms. The molecular formula is C5H8O2S. The molecule has 0 aliphatic rings.